The Morgan fingerprint density at radius 3 is 2.33 bits per heavy atom. The molecule has 1 aromatic rings. The second-order valence-electron chi connectivity index (χ2n) is 5.54. The molecule has 0 heterocycles. The quantitative estimate of drug-likeness (QED) is 0.759. The van der Waals surface area contributed by atoms with Gasteiger partial charge in [0.15, 0.2) is 0 Å². The van der Waals surface area contributed by atoms with E-state index in [1.807, 2.05) is 12.1 Å². The first-order chi connectivity index (χ1) is 8.75. The van der Waals surface area contributed by atoms with Crippen molar-refractivity contribution in [2.75, 3.05) is 6.54 Å². The predicted molar refractivity (Wildman–Crippen MR) is 79.1 cm³/mol. The fourth-order valence-electron chi connectivity index (χ4n) is 2.78. The molecule has 0 bridgehead atoms. The number of hydrogen-bond donors (Lipinski definition) is 1. The highest BCUT2D eigenvalue weighted by Crippen LogP contribution is 2.23. The van der Waals surface area contributed by atoms with Gasteiger partial charge in [0.1, 0.15) is 0 Å². The minimum Gasteiger partial charge on any atom is -0.310 e. The standard InChI is InChI=1S/C16H24ClN/c1-13(15-8-10-16(17)11-9-15)18-12-14-6-4-2-3-5-7-14/h8-11,13-14,18H,2-7,12H2,1H3/t13-/m0/s1. The van der Waals surface area contributed by atoms with Crippen molar-refractivity contribution in [1.29, 1.82) is 0 Å². The van der Waals surface area contributed by atoms with E-state index in [1.54, 1.807) is 0 Å². The van der Waals surface area contributed by atoms with Gasteiger partial charge in [-0.1, -0.05) is 49.4 Å². The zero-order valence-corrected chi connectivity index (χ0v) is 12.0. The van der Waals surface area contributed by atoms with Gasteiger partial charge in [-0.05, 0) is 49.9 Å². The van der Waals surface area contributed by atoms with Crippen LogP contribution in [-0.4, -0.2) is 6.54 Å². The van der Waals surface area contributed by atoms with E-state index in [4.69, 9.17) is 11.6 Å². The molecule has 2 rings (SSSR count). The molecule has 2 heteroatoms. The molecule has 0 amide bonds. The van der Waals surface area contributed by atoms with Crippen LogP contribution in [0.1, 0.15) is 57.1 Å². The molecule has 100 valence electrons. The summed E-state index contributed by atoms with van der Waals surface area (Å²) in [4.78, 5) is 0. The first-order valence-corrected chi connectivity index (χ1v) is 7.62. The maximum atomic E-state index is 5.91. The molecule has 18 heavy (non-hydrogen) atoms. The van der Waals surface area contributed by atoms with Gasteiger partial charge in [0.05, 0.1) is 0 Å². The van der Waals surface area contributed by atoms with E-state index in [2.05, 4.69) is 24.4 Å². The average molecular weight is 266 g/mol. The molecule has 1 aliphatic rings. The van der Waals surface area contributed by atoms with Gasteiger partial charge in [0, 0.05) is 11.1 Å². The third-order valence-electron chi connectivity index (χ3n) is 4.06. The van der Waals surface area contributed by atoms with Crippen molar-refractivity contribution < 1.29 is 0 Å². The van der Waals surface area contributed by atoms with Gasteiger partial charge in [-0.2, -0.15) is 0 Å². The third kappa shape index (κ3) is 4.29. The van der Waals surface area contributed by atoms with Crippen LogP contribution in [0.25, 0.3) is 0 Å². The lowest BCUT2D eigenvalue weighted by Crippen LogP contribution is -2.25. The van der Waals surface area contributed by atoms with Crippen LogP contribution < -0.4 is 5.32 Å². The lowest BCUT2D eigenvalue weighted by molar-refractivity contribution is 0.403. The van der Waals surface area contributed by atoms with E-state index in [0.717, 1.165) is 17.5 Å². The van der Waals surface area contributed by atoms with Gasteiger partial charge in [-0.25, -0.2) is 0 Å². The van der Waals surface area contributed by atoms with E-state index in [1.165, 1.54) is 44.1 Å². The second kappa shape index (κ2) is 7.16. The Labute approximate surface area is 116 Å². The summed E-state index contributed by atoms with van der Waals surface area (Å²) < 4.78 is 0. The van der Waals surface area contributed by atoms with E-state index in [-0.39, 0.29) is 0 Å². The van der Waals surface area contributed by atoms with Gasteiger partial charge in [0.2, 0.25) is 0 Å². The Bertz CT molecular complexity index is 339. The van der Waals surface area contributed by atoms with Crippen molar-refractivity contribution in [3.63, 3.8) is 0 Å². The lowest BCUT2D eigenvalue weighted by atomic mass is 9.99. The van der Waals surface area contributed by atoms with Crippen molar-refractivity contribution in [2.45, 2.75) is 51.5 Å². The summed E-state index contributed by atoms with van der Waals surface area (Å²) in [5, 5.41) is 4.49. The molecular weight excluding hydrogens is 242 g/mol. The average Bonchev–Trinajstić information content (AvgIpc) is 2.65. The Kier molecular flexibility index (Phi) is 5.52. The summed E-state index contributed by atoms with van der Waals surface area (Å²) >= 11 is 5.91. The number of benzene rings is 1. The largest absolute Gasteiger partial charge is 0.310 e. The number of hydrogen-bond acceptors (Lipinski definition) is 1. The number of rotatable bonds is 4. The maximum absolute atomic E-state index is 5.91. The number of nitrogens with one attached hydrogen (secondary N) is 1. The molecule has 0 unspecified atom stereocenters. The molecular formula is C16H24ClN. The van der Waals surface area contributed by atoms with Crippen molar-refractivity contribution in [1.82, 2.24) is 5.32 Å². The van der Waals surface area contributed by atoms with Gasteiger partial charge in [0.25, 0.3) is 0 Å². The van der Waals surface area contributed by atoms with Gasteiger partial charge in [-0.15, -0.1) is 0 Å². The molecule has 1 aromatic carbocycles. The zero-order valence-electron chi connectivity index (χ0n) is 11.3. The number of halogens is 1. The van der Waals surface area contributed by atoms with E-state index in [0.29, 0.717) is 6.04 Å². The summed E-state index contributed by atoms with van der Waals surface area (Å²) in [5.41, 5.74) is 1.33. The molecule has 0 saturated heterocycles. The maximum Gasteiger partial charge on any atom is 0.0406 e. The van der Waals surface area contributed by atoms with Crippen LogP contribution in [0.4, 0.5) is 0 Å². The molecule has 0 aromatic heterocycles. The van der Waals surface area contributed by atoms with Crippen LogP contribution in [-0.2, 0) is 0 Å². The highest BCUT2D eigenvalue weighted by Gasteiger charge is 2.13. The summed E-state index contributed by atoms with van der Waals surface area (Å²) in [6.07, 6.45) is 8.51. The normalized spacial score (nSPS) is 19.4. The van der Waals surface area contributed by atoms with Crippen LogP contribution in [0.15, 0.2) is 24.3 Å². The zero-order chi connectivity index (χ0) is 12.8. The smallest absolute Gasteiger partial charge is 0.0406 e. The molecule has 0 aliphatic heterocycles. The van der Waals surface area contributed by atoms with Gasteiger partial charge in [-0.3, -0.25) is 0 Å². The first-order valence-electron chi connectivity index (χ1n) is 7.24. The summed E-state index contributed by atoms with van der Waals surface area (Å²) in [6, 6.07) is 8.60. The molecule has 1 saturated carbocycles. The van der Waals surface area contributed by atoms with Crippen LogP contribution in [0.2, 0.25) is 5.02 Å². The van der Waals surface area contributed by atoms with Crippen molar-refractivity contribution in [3.05, 3.63) is 34.9 Å². The van der Waals surface area contributed by atoms with Crippen molar-refractivity contribution >= 4 is 11.6 Å². The summed E-state index contributed by atoms with van der Waals surface area (Å²) in [7, 11) is 0. The van der Waals surface area contributed by atoms with Crippen LogP contribution in [0.5, 0.6) is 0 Å². The summed E-state index contributed by atoms with van der Waals surface area (Å²) in [6.45, 7) is 3.39. The molecule has 0 spiro atoms. The van der Waals surface area contributed by atoms with E-state index < -0.39 is 0 Å². The lowest BCUT2D eigenvalue weighted by Gasteiger charge is -2.19. The van der Waals surface area contributed by atoms with Gasteiger partial charge >= 0.3 is 0 Å². The van der Waals surface area contributed by atoms with Crippen LogP contribution in [0, 0.1) is 5.92 Å². The fourth-order valence-corrected chi connectivity index (χ4v) is 2.91. The van der Waals surface area contributed by atoms with E-state index >= 15 is 0 Å². The Balaban J connectivity index is 1.80. The first kappa shape index (κ1) is 13.9. The van der Waals surface area contributed by atoms with Crippen LogP contribution in [0.3, 0.4) is 0 Å². The molecule has 1 fully saturated rings. The Morgan fingerprint density at radius 1 is 1.11 bits per heavy atom. The Hall–Kier alpha value is -0.530. The van der Waals surface area contributed by atoms with Gasteiger partial charge < -0.3 is 5.32 Å². The Morgan fingerprint density at radius 2 is 1.72 bits per heavy atom. The third-order valence-corrected chi connectivity index (χ3v) is 4.31. The highest BCUT2D eigenvalue weighted by molar-refractivity contribution is 6.30. The van der Waals surface area contributed by atoms with Crippen LogP contribution >= 0.6 is 11.6 Å². The second-order valence-corrected chi connectivity index (χ2v) is 5.98. The van der Waals surface area contributed by atoms with E-state index in [9.17, 15) is 0 Å². The molecule has 1 atom stereocenters. The topological polar surface area (TPSA) is 12.0 Å². The molecule has 1 N–H and O–H groups in total. The fraction of sp³-hybridized carbons (Fsp3) is 0.625. The highest BCUT2D eigenvalue weighted by atomic mass is 35.5. The van der Waals surface area contributed by atoms with Crippen molar-refractivity contribution in [3.8, 4) is 0 Å². The monoisotopic (exact) mass is 265 g/mol. The van der Waals surface area contributed by atoms with Crippen molar-refractivity contribution in [2.24, 2.45) is 5.92 Å². The SMILES string of the molecule is C[C@H](NCC1CCCCCC1)c1ccc(Cl)cc1. The molecule has 0 radical (unpaired) electrons. The molecule has 1 nitrogen and oxygen atoms in total. The summed E-state index contributed by atoms with van der Waals surface area (Å²) in [5.74, 6) is 0.877. The molecule has 1 aliphatic carbocycles. The minimum absolute atomic E-state index is 0.422. The predicted octanol–water partition coefficient (Wildman–Crippen LogP) is 4.96. The minimum atomic E-state index is 0.422.